The minimum atomic E-state index is -0.359. The smallest absolute Gasteiger partial charge is 0.258 e. The molecule has 0 atom stereocenters. The van der Waals surface area contributed by atoms with Crippen LogP contribution in [0, 0.1) is 11.3 Å². The number of anilines is 3. The van der Waals surface area contributed by atoms with Crippen molar-refractivity contribution in [1.82, 2.24) is 9.97 Å². The number of hydrogen-bond donors (Lipinski definition) is 2. The molecule has 26 heavy (non-hydrogen) atoms. The standard InChI is InChI=1S/C18H11Cl2N5O/c19-14-2-1-3-15(16(14)20)25-18-22-9-12(10-23-18)17(26)24-13-6-4-11(8-21)5-7-13/h1-7,9-10H,(H,24,26)(H,22,23,25). The van der Waals surface area contributed by atoms with E-state index in [9.17, 15) is 4.79 Å². The fourth-order valence-corrected chi connectivity index (χ4v) is 2.41. The van der Waals surface area contributed by atoms with Crippen molar-refractivity contribution in [3.8, 4) is 6.07 Å². The molecule has 6 nitrogen and oxygen atoms in total. The summed E-state index contributed by atoms with van der Waals surface area (Å²) in [5, 5.41) is 15.2. The van der Waals surface area contributed by atoms with Gasteiger partial charge in [0.2, 0.25) is 5.95 Å². The maximum atomic E-state index is 12.2. The van der Waals surface area contributed by atoms with Crippen molar-refractivity contribution in [3.05, 3.63) is 76.0 Å². The van der Waals surface area contributed by atoms with E-state index in [-0.39, 0.29) is 17.4 Å². The second-order valence-corrected chi connectivity index (χ2v) is 5.95. The molecular weight excluding hydrogens is 373 g/mol. The normalized spacial score (nSPS) is 10.0. The van der Waals surface area contributed by atoms with Crippen LogP contribution in [-0.4, -0.2) is 15.9 Å². The zero-order chi connectivity index (χ0) is 18.5. The summed E-state index contributed by atoms with van der Waals surface area (Å²) in [6.45, 7) is 0. The van der Waals surface area contributed by atoms with Crippen molar-refractivity contribution >= 4 is 46.4 Å². The Morgan fingerprint density at radius 1 is 1.04 bits per heavy atom. The average molecular weight is 384 g/mol. The summed E-state index contributed by atoms with van der Waals surface area (Å²) in [5.74, 6) is -0.0777. The number of benzene rings is 2. The molecule has 2 aromatic carbocycles. The van der Waals surface area contributed by atoms with Crippen LogP contribution >= 0.6 is 23.2 Å². The number of halogens is 2. The van der Waals surface area contributed by atoms with Crippen molar-refractivity contribution in [2.75, 3.05) is 10.6 Å². The maximum Gasteiger partial charge on any atom is 0.258 e. The van der Waals surface area contributed by atoms with E-state index in [2.05, 4.69) is 20.6 Å². The Labute approximate surface area is 159 Å². The molecule has 8 heteroatoms. The quantitative estimate of drug-likeness (QED) is 0.683. The second-order valence-electron chi connectivity index (χ2n) is 5.17. The van der Waals surface area contributed by atoms with E-state index in [0.717, 1.165) is 0 Å². The molecule has 0 aliphatic carbocycles. The number of nitrogens with zero attached hydrogens (tertiary/aromatic N) is 3. The van der Waals surface area contributed by atoms with Crippen LogP contribution in [0.2, 0.25) is 10.0 Å². The zero-order valence-electron chi connectivity index (χ0n) is 13.2. The third-order valence-corrected chi connectivity index (χ3v) is 4.20. The Bertz CT molecular complexity index is 982. The molecule has 0 unspecified atom stereocenters. The van der Waals surface area contributed by atoms with Crippen LogP contribution in [0.25, 0.3) is 0 Å². The number of carbonyl (C=O) groups excluding carboxylic acids is 1. The van der Waals surface area contributed by atoms with E-state index < -0.39 is 0 Å². The molecule has 0 radical (unpaired) electrons. The maximum absolute atomic E-state index is 12.2. The lowest BCUT2D eigenvalue weighted by atomic mass is 10.2. The molecule has 0 bridgehead atoms. The van der Waals surface area contributed by atoms with Crippen molar-refractivity contribution < 1.29 is 4.79 Å². The minimum absolute atomic E-state index is 0.282. The van der Waals surface area contributed by atoms with Gasteiger partial charge in [0.05, 0.1) is 32.9 Å². The monoisotopic (exact) mass is 383 g/mol. The number of rotatable bonds is 4. The molecule has 128 valence electrons. The number of aromatic nitrogens is 2. The second kappa shape index (κ2) is 7.83. The van der Waals surface area contributed by atoms with Gasteiger partial charge in [0.15, 0.2) is 0 Å². The molecule has 0 aliphatic heterocycles. The van der Waals surface area contributed by atoms with Gasteiger partial charge in [-0.2, -0.15) is 5.26 Å². The number of hydrogen-bond acceptors (Lipinski definition) is 5. The van der Waals surface area contributed by atoms with Crippen molar-refractivity contribution in [2.24, 2.45) is 0 Å². The van der Waals surface area contributed by atoms with Crippen LogP contribution in [-0.2, 0) is 0 Å². The van der Waals surface area contributed by atoms with Crippen LogP contribution in [0.5, 0.6) is 0 Å². The molecule has 3 aromatic rings. The van der Waals surface area contributed by atoms with E-state index in [0.29, 0.717) is 27.0 Å². The first-order valence-corrected chi connectivity index (χ1v) is 8.17. The summed E-state index contributed by atoms with van der Waals surface area (Å²) in [6, 6.07) is 13.7. The topological polar surface area (TPSA) is 90.7 Å². The summed E-state index contributed by atoms with van der Waals surface area (Å²) in [7, 11) is 0. The van der Waals surface area contributed by atoms with Gasteiger partial charge in [-0.3, -0.25) is 4.79 Å². The lowest BCUT2D eigenvalue weighted by molar-refractivity contribution is 0.102. The van der Waals surface area contributed by atoms with Gasteiger partial charge >= 0.3 is 0 Å². The van der Waals surface area contributed by atoms with Crippen LogP contribution in [0.15, 0.2) is 54.9 Å². The molecule has 1 aromatic heterocycles. The summed E-state index contributed by atoms with van der Waals surface area (Å²) >= 11 is 12.1. The molecule has 0 fully saturated rings. The van der Waals surface area contributed by atoms with E-state index >= 15 is 0 Å². The highest BCUT2D eigenvalue weighted by Crippen LogP contribution is 2.30. The van der Waals surface area contributed by atoms with Gasteiger partial charge in [0.1, 0.15) is 0 Å². The van der Waals surface area contributed by atoms with Crippen molar-refractivity contribution in [1.29, 1.82) is 5.26 Å². The fraction of sp³-hybridized carbons (Fsp3) is 0. The Kier molecular flexibility index (Phi) is 5.32. The number of amides is 1. The molecule has 0 saturated heterocycles. The third-order valence-electron chi connectivity index (χ3n) is 3.38. The predicted octanol–water partition coefficient (Wildman–Crippen LogP) is 4.65. The Morgan fingerprint density at radius 3 is 2.38 bits per heavy atom. The summed E-state index contributed by atoms with van der Waals surface area (Å²) < 4.78 is 0. The van der Waals surface area contributed by atoms with Gasteiger partial charge in [-0.25, -0.2) is 9.97 Å². The predicted molar refractivity (Wildman–Crippen MR) is 101 cm³/mol. The third kappa shape index (κ3) is 4.09. The molecule has 1 amide bonds. The molecule has 0 spiro atoms. The van der Waals surface area contributed by atoms with Crippen LogP contribution in [0.4, 0.5) is 17.3 Å². The van der Waals surface area contributed by atoms with Crippen molar-refractivity contribution in [2.45, 2.75) is 0 Å². The Hall–Kier alpha value is -3.14. The van der Waals surface area contributed by atoms with Gasteiger partial charge in [-0.05, 0) is 36.4 Å². The lowest BCUT2D eigenvalue weighted by Crippen LogP contribution is -2.13. The number of carbonyl (C=O) groups is 1. The largest absolute Gasteiger partial charge is 0.323 e. The van der Waals surface area contributed by atoms with Crippen LogP contribution in [0.1, 0.15) is 15.9 Å². The van der Waals surface area contributed by atoms with E-state index in [1.54, 1.807) is 42.5 Å². The SMILES string of the molecule is N#Cc1ccc(NC(=O)c2cnc(Nc3cccc(Cl)c3Cl)nc2)cc1. The van der Waals surface area contributed by atoms with Gasteiger partial charge < -0.3 is 10.6 Å². The van der Waals surface area contributed by atoms with E-state index in [4.69, 9.17) is 28.5 Å². The van der Waals surface area contributed by atoms with Gasteiger partial charge in [0, 0.05) is 18.1 Å². The first-order valence-electron chi connectivity index (χ1n) is 7.41. The van der Waals surface area contributed by atoms with Crippen LogP contribution < -0.4 is 10.6 Å². The van der Waals surface area contributed by atoms with E-state index in [1.165, 1.54) is 12.4 Å². The molecule has 0 saturated carbocycles. The zero-order valence-corrected chi connectivity index (χ0v) is 14.7. The molecule has 0 aliphatic rings. The summed E-state index contributed by atoms with van der Waals surface area (Å²) in [5.41, 5.74) is 1.94. The summed E-state index contributed by atoms with van der Waals surface area (Å²) in [4.78, 5) is 20.4. The molecule has 1 heterocycles. The highest BCUT2D eigenvalue weighted by molar-refractivity contribution is 6.43. The molecule has 2 N–H and O–H groups in total. The van der Waals surface area contributed by atoms with Gasteiger partial charge in [-0.1, -0.05) is 29.3 Å². The van der Waals surface area contributed by atoms with Gasteiger partial charge in [-0.15, -0.1) is 0 Å². The highest BCUT2D eigenvalue weighted by atomic mass is 35.5. The first-order chi connectivity index (χ1) is 12.6. The van der Waals surface area contributed by atoms with Crippen LogP contribution in [0.3, 0.4) is 0 Å². The molecule has 3 rings (SSSR count). The van der Waals surface area contributed by atoms with Crippen molar-refractivity contribution in [3.63, 3.8) is 0 Å². The number of nitriles is 1. The first kappa shape index (κ1) is 17.7. The highest BCUT2D eigenvalue weighted by Gasteiger charge is 2.09. The minimum Gasteiger partial charge on any atom is -0.323 e. The van der Waals surface area contributed by atoms with E-state index in [1.807, 2.05) is 6.07 Å². The van der Waals surface area contributed by atoms with Gasteiger partial charge in [0.25, 0.3) is 5.91 Å². The fourth-order valence-electron chi connectivity index (χ4n) is 2.06. The number of nitrogens with one attached hydrogen (secondary N) is 2. The Morgan fingerprint density at radius 2 is 1.73 bits per heavy atom. The summed E-state index contributed by atoms with van der Waals surface area (Å²) in [6.07, 6.45) is 2.79. The lowest BCUT2D eigenvalue weighted by Gasteiger charge is -2.08. The average Bonchev–Trinajstić information content (AvgIpc) is 2.66. The Balaban J connectivity index is 1.69. The molecular formula is C18H11Cl2N5O.